The van der Waals surface area contributed by atoms with Crippen LogP contribution in [0.15, 0.2) is 48.3 Å². The van der Waals surface area contributed by atoms with E-state index < -0.39 is 0 Å². The Labute approximate surface area is 154 Å². The quantitative estimate of drug-likeness (QED) is 0.720. The Morgan fingerprint density at radius 1 is 1.04 bits per heavy atom. The molecule has 0 N–H and O–H groups in total. The van der Waals surface area contributed by atoms with Crippen LogP contribution in [0.1, 0.15) is 35.5 Å². The first-order valence-electron chi connectivity index (χ1n) is 8.97. The predicted molar refractivity (Wildman–Crippen MR) is 104 cm³/mol. The monoisotopic (exact) mass is 347 g/mol. The van der Waals surface area contributed by atoms with Crippen LogP contribution in [-0.2, 0) is 13.6 Å². The zero-order valence-corrected chi connectivity index (χ0v) is 16.1. The highest BCUT2D eigenvalue weighted by molar-refractivity contribution is 5.82. The molecule has 0 bridgehead atoms. The molecule has 0 radical (unpaired) electrons. The lowest BCUT2D eigenvalue weighted by molar-refractivity contribution is 0.0269. The van der Waals surface area contributed by atoms with Gasteiger partial charge >= 0.3 is 0 Å². The minimum atomic E-state index is 0.238. The molecule has 0 aliphatic carbocycles. The van der Waals surface area contributed by atoms with Crippen LogP contribution in [0.25, 0.3) is 10.9 Å². The molecule has 1 unspecified atom stereocenters. The summed E-state index contributed by atoms with van der Waals surface area (Å²) in [4.78, 5) is 4.30. The molecule has 1 aliphatic rings. The van der Waals surface area contributed by atoms with Crippen molar-refractivity contribution in [3.63, 3.8) is 0 Å². The van der Waals surface area contributed by atoms with Crippen molar-refractivity contribution in [3.8, 4) is 0 Å². The van der Waals surface area contributed by atoms with E-state index in [9.17, 15) is 0 Å². The molecule has 26 heavy (non-hydrogen) atoms. The highest BCUT2D eigenvalue weighted by Gasteiger charge is 2.28. The Hall–Kier alpha value is -2.66. The van der Waals surface area contributed by atoms with E-state index in [0.29, 0.717) is 0 Å². The Morgan fingerprint density at radius 2 is 1.85 bits per heavy atom. The molecule has 3 aromatic rings. The first-order chi connectivity index (χ1) is 12.4. The zero-order chi connectivity index (χ0) is 18.4. The summed E-state index contributed by atoms with van der Waals surface area (Å²) in [7, 11) is 4.16. The van der Waals surface area contributed by atoms with Crippen LogP contribution in [0.4, 0.5) is 0 Å². The third-order valence-electron chi connectivity index (χ3n) is 5.28. The van der Waals surface area contributed by atoms with Crippen molar-refractivity contribution in [3.05, 3.63) is 70.8 Å². The van der Waals surface area contributed by atoms with E-state index in [1.54, 1.807) is 0 Å². The molecule has 2 aromatic heterocycles. The van der Waals surface area contributed by atoms with Gasteiger partial charge in [0.2, 0.25) is 0 Å². The largest absolute Gasteiger partial charge is 0.305 e. The molecule has 134 valence electrons. The number of hydrazine groups is 1. The van der Waals surface area contributed by atoms with E-state index in [1.165, 1.54) is 27.7 Å². The van der Waals surface area contributed by atoms with Crippen molar-refractivity contribution < 1.29 is 0 Å². The van der Waals surface area contributed by atoms with Gasteiger partial charge in [-0.2, -0.15) is 5.10 Å². The predicted octanol–water partition coefficient (Wildman–Crippen LogP) is 3.89. The molecular weight excluding hydrogens is 322 g/mol. The lowest BCUT2D eigenvalue weighted by Gasteiger charge is -2.32. The van der Waals surface area contributed by atoms with Gasteiger partial charge in [-0.1, -0.05) is 6.07 Å². The fourth-order valence-electron chi connectivity index (χ4n) is 3.89. The smallest absolute Gasteiger partial charge is 0.0740 e. The van der Waals surface area contributed by atoms with Gasteiger partial charge in [0.05, 0.1) is 23.8 Å². The first-order valence-corrected chi connectivity index (χ1v) is 8.97. The van der Waals surface area contributed by atoms with Crippen molar-refractivity contribution in [2.24, 2.45) is 7.05 Å². The molecule has 3 heterocycles. The van der Waals surface area contributed by atoms with Crippen LogP contribution < -0.4 is 0 Å². The number of benzene rings is 1. The molecule has 0 fully saturated rings. The van der Waals surface area contributed by atoms with Gasteiger partial charge in [-0.05, 0) is 62.2 Å². The zero-order valence-electron chi connectivity index (χ0n) is 16.1. The van der Waals surface area contributed by atoms with E-state index in [2.05, 4.69) is 77.4 Å². The molecule has 1 atom stereocenters. The van der Waals surface area contributed by atoms with Gasteiger partial charge < -0.3 is 5.01 Å². The minimum Gasteiger partial charge on any atom is -0.305 e. The van der Waals surface area contributed by atoms with Crippen LogP contribution in [0.5, 0.6) is 0 Å². The highest BCUT2D eigenvalue weighted by Crippen LogP contribution is 2.34. The van der Waals surface area contributed by atoms with Gasteiger partial charge in [-0.3, -0.25) is 9.67 Å². The molecule has 0 amide bonds. The topological polar surface area (TPSA) is 37.2 Å². The van der Waals surface area contributed by atoms with E-state index in [0.717, 1.165) is 17.9 Å². The maximum atomic E-state index is 4.54. The van der Waals surface area contributed by atoms with Gasteiger partial charge in [-0.25, -0.2) is 5.01 Å². The number of aromatic nitrogens is 3. The van der Waals surface area contributed by atoms with Gasteiger partial charge in [0.15, 0.2) is 0 Å². The standard InChI is InChI=1S/C21H25N5/c1-14-10-17(8-9-22-14)13-26-15(2)11-21(25(26)5)18-6-7-20-19(12-18)16(3)23-24(20)4/h6-12,21H,13H2,1-5H3. The second kappa shape index (κ2) is 6.25. The number of allylic oxidation sites excluding steroid dienone is 1. The normalized spacial score (nSPS) is 18.0. The molecular formula is C21H25N5. The fraction of sp³-hybridized carbons (Fsp3) is 0.333. The van der Waals surface area contributed by atoms with Crippen LogP contribution in [0, 0.1) is 13.8 Å². The number of hydrogen-bond acceptors (Lipinski definition) is 4. The number of fused-ring (bicyclic) bond motifs is 1. The maximum absolute atomic E-state index is 4.54. The number of nitrogens with zero attached hydrogens (tertiary/aromatic N) is 5. The van der Waals surface area contributed by atoms with Crippen LogP contribution in [0.3, 0.4) is 0 Å². The number of aryl methyl sites for hydroxylation is 3. The Bertz CT molecular complexity index is 1000. The highest BCUT2D eigenvalue weighted by atomic mass is 15.6. The van der Waals surface area contributed by atoms with Gasteiger partial charge in [0, 0.05) is 37.1 Å². The van der Waals surface area contributed by atoms with E-state index >= 15 is 0 Å². The molecule has 1 aromatic carbocycles. The maximum Gasteiger partial charge on any atom is 0.0740 e. The first kappa shape index (κ1) is 16.8. The summed E-state index contributed by atoms with van der Waals surface area (Å²) in [5.41, 5.74) is 7.15. The summed E-state index contributed by atoms with van der Waals surface area (Å²) >= 11 is 0. The summed E-state index contributed by atoms with van der Waals surface area (Å²) in [6, 6.07) is 11.2. The SMILES string of the molecule is CC1=CC(c2ccc3c(c2)c(C)nn3C)N(C)N1Cc1ccnc(C)c1. The fourth-order valence-corrected chi connectivity index (χ4v) is 3.89. The van der Waals surface area contributed by atoms with Crippen LogP contribution in [-0.4, -0.2) is 31.8 Å². The van der Waals surface area contributed by atoms with Gasteiger partial charge in [-0.15, -0.1) is 0 Å². The average molecular weight is 347 g/mol. The summed E-state index contributed by atoms with van der Waals surface area (Å²) in [6.45, 7) is 7.14. The number of rotatable bonds is 3. The van der Waals surface area contributed by atoms with Crippen molar-refractivity contribution >= 4 is 10.9 Å². The Morgan fingerprint density at radius 3 is 2.62 bits per heavy atom. The lowest BCUT2D eigenvalue weighted by Crippen LogP contribution is -2.34. The molecule has 1 aliphatic heterocycles. The molecule has 0 spiro atoms. The van der Waals surface area contributed by atoms with E-state index in [-0.39, 0.29) is 6.04 Å². The van der Waals surface area contributed by atoms with Gasteiger partial charge in [0.25, 0.3) is 0 Å². The Kier molecular flexibility index (Phi) is 4.04. The molecule has 5 heteroatoms. The Balaban J connectivity index is 1.63. The summed E-state index contributed by atoms with van der Waals surface area (Å²) < 4.78 is 1.95. The third kappa shape index (κ3) is 2.78. The molecule has 0 saturated heterocycles. The number of likely N-dealkylation sites (N-methyl/N-ethyl adjacent to an activating group) is 1. The average Bonchev–Trinajstić information content (AvgIpc) is 3.05. The van der Waals surface area contributed by atoms with Crippen LogP contribution >= 0.6 is 0 Å². The minimum absolute atomic E-state index is 0.238. The molecule has 0 saturated carbocycles. The van der Waals surface area contributed by atoms with E-state index in [1.807, 2.05) is 24.9 Å². The summed E-state index contributed by atoms with van der Waals surface area (Å²) in [6.07, 6.45) is 4.22. The van der Waals surface area contributed by atoms with Gasteiger partial charge in [0.1, 0.15) is 0 Å². The third-order valence-corrected chi connectivity index (χ3v) is 5.28. The molecule has 5 nitrogen and oxygen atoms in total. The van der Waals surface area contributed by atoms with E-state index in [4.69, 9.17) is 0 Å². The number of hydrogen-bond donors (Lipinski definition) is 0. The summed E-state index contributed by atoms with van der Waals surface area (Å²) in [5, 5.41) is 10.4. The molecule has 4 rings (SSSR count). The number of pyridine rings is 1. The van der Waals surface area contributed by atoms with Crippen molar-refractivity contribution in [2.75, 3.05) is 7.05 Å². The van der Waals surface area contributed by atoms with Crippen molar-refractivity contribution in [1.29, 1.82) is 0 Å². The van der Waals surface area contributed by atoms with Crippen LogP contribution in [0.2, 0.25) is 0 Å². The second-order valence-electron chi connectivity index (χ2n) is 7.18. The lowest BCUT2D eigenvalue weighted by atomic mass is 10.0. The van der Waals surface area contributed by atoms with Crippen molar-refractivity contribution in [1.82, 2.24) is 24.8 Å². The summed E-state index contributed by atoms with van der Waals surface area (Å²) in [5.74, 6) is 0. The van der Waals surface area contributed by atoms with Crippen molar-refractivity contribution in [2.45, 2.75) is 33.4 Å². The second-order valence-corrected chi connectivity index (χ2v) is 7.18.